The predicted octanol–water partition coefficient (Wildman–Crippen LogP) is 3.03. The van der Waals surface area contributed by atoms with Gasteiger partial charge < -0.3 is 20.1 Å². The summed E-state index contributed by atoms with van der Waals surface area (Å²) in [5.41, 5.74) is 3.13. The Morgan fingerprint density at radius 3 is 2.59 bits per heavy atom. The van der Waals surface area contributed by atoms with Crippen LogP contribution in [0.25, 0.3) is 11.0 Å². The number of aromatic amines is 1. The summed E-state index contributed by atoms with van der Waals surface area (Å²) < 4.78 is 13.2. The van der Waals surface area contributed by atoms with Gasteiger partial charge in [0.15, 0.2) is 5.96 Å². The SMILES string of the molecule is CCNC(=NCCc1nc2ccccc2[nH]1)N1CCN(c2ccc(F)cc2)CC1. The fraction of sp³-hybridized carbons (Fsp3) is 0.364. The van der Waals surface area contributed by atoms with E-state index in [0.717, 1.165) is 67.6 Å². The number of nitrogens with zero attached hydrogens (tertiary/aromatic N) is 4. The maximum absolute atomic E-state index is 13.2. The summed E-state index contributed by atoms with van der Waals surface area (Å²) in [6.07, 6.45) is 0.777. The standard InChI is InChI=1S/C22H27FN6/c1-2-24-22(25-12-11-21-26-19-5-3-4-6-20(19)27-21)29-15-13-28(14-16-29)18-9-7-17(23)8-10-18/h3-10H,2,11-16H2,1H3,(H,24,25)(H,26,27). The topological polar surface area (TPSA) is 59.6 Å². The Balaban J connectivity index is 1.35. The van der Waals surface area contributed by atoms with Crippen molar-refractivity contribution in [3.8, 4) is 0 Å². The summed E-state index contributed by atoms with van der Waals surface area (Å²) in [5, 5.41) is 3.40. The number of anilines is 1. The first-order valence-corrected chi connectivity index (χ1v) is 10.2. The van der Waals surface area contributed by atoms with E-state index in [4.69, 9.17) is 4.99 Å². The van der Waals surface area contributed by atoms with Crippen molar-refractivity contribution in [1.29, 1.82) is 0 Å². The number of guanidine groups is 1. The van der Waals surface area contributed by atoms with Crippen molar-refractivity contribution in [3.05, 3.63) is 60.2 Å². The number of halogens is 1. The molecule has 1 aliphatic rings. The molecule has 1 saturated heterocycles. The smallest absolute Gasteiger partial charge is 0.194 e. The maximum Gasteiger partial charge on any atom is 0.194 e. The number of rotatable bonds is 5. The van der Waals surface area contributed by atoms with Gasteiger partial charge in [-0.2, -0.15) is 0 Å². The molecule has 0 amide bonds. The molecule has 0 bridgehead atoms. The molecule has 1 aromatic heterocycles. The van der Waals surface area contributed by atoms with Gasteiger partial charge in [-0.25, -0.2) is 9.37 Å². The van der Waals surface area contributed by atoms with Gasteiger partial charge in [-0.3, -0.25) is 4.99 Å². The van der Waals surface area contributed by atoms with Crippen molar-refractivity contribution in [3.63, 3.8) is 0 Å². The second kappa shape index (κ2) is 8.94. The third-order valence-electron chi connectivity index (χ3n) is 5.15. The second-order valence-corrected chi connectivity index (χ2v) is 7.14. The quantitative estimate of drug-likeness (QED) is 0.516. The molecule has 1 fully saturated rings. The Bertz CT molecular complexity index is 924. The van der Waals surface area contributed by atoms with Crippen LogP contribution in [-0.4, -0.2) is 60.1 Å². The molecule has 0 saturated carbocycles. The van der Waals surface area contributed by atoms with E-state index in [1.54, 1.807) is 0 Å². The average molecular weight is 394 g/mol. The van der Waals surface area contributed by atoms with Crippen LogP contribution in [-0.2, 0) is 6.42 Å². The molecule has 29 heavy (non-hydrogen) atoms. The van der Waals surface area contributed by atoms with Crippen molar-refractivity contribution >= 4 is 22.7 Å². The molecule has 4 rings (SSSR count). The highest BCUT2D eigenvalue weighted by atomic mass is 19.1. The van der Waals surface area contributed by atoms with Crippen LogP contribution in [0.4, 0.5) is 10.1 Å². The van der Waals surface area contributed by atoms with Gasteiger partial charge in [0.2, 0.25) is 0 Å². The zero-order valence-corrected chi connectivity index (χ0v) is 16.7. The lowest BCUT2D eigenvalue weighted by molar-refractivity contribution is 0.372. The van der Waals surface area contributed by atoms with E-state index in [0.29, 0.717) is 6.54 Å². The van der Waals surface area contributed by atoms with Gasteiger partial charge in [-0.15, -0.1) is 0 Å². The van der Waals surface area contributed by atoms with E-state index in [2.05, 4.69) is 32.0 Å². The number of fused-ring (bicyclic) bond motifs is 1. The van der Waals surface area contributed by atoms with Crippen LogP contribution in [0.5, 0.6) is 0 Å². The molecule has 6 nitrogen and oxygen atoms in total. The first-order valence-electron chi connectivity index (χ1n) is 10.2. The minimum Gasteiger partial charge on any atom is -0.368 e. The maximum atomic E-state index is 13.2. The average Bonchev–Trinajstić information content (AvgIpc) is 3.17. The third-order valence-corrected chi connectivity index (χ3v) is 5.15. The highest BCUT2D eigenvalue weighted by molar-refractivity contribution is 5.80. The van der Waals surface area contributed by atoms with E-state index in [1.165, 1.54) is 12.1 Å². The third kappa shape index (κ3) is 4.67. The van der Waals surface area contributed by atoms with Crippen LogP contribution in [0.15, 0.2) is 53.5 Å². The van der Waals surface area contributed by atoms with Crippen LogP contribution >= 0.6 is 0 Å². The summed E-state index contributed by atoms with van der Waals surface area (Å²) in [7, 11) is 0. The highest BCUT2D eigenvalue weighted by Gasteiger charge is 2.19. The minimum absolute atomic E-state index is 0.196. The molecule has 0 unspecified atom stereocenters. The summed E-state index contributed by atoms with van der Waals surface area (Å²) >= 11 is 0. The number of benzene rings is 2. The fourth-order valence-electron chi connectivity index (χ4n) is 3.65. The van der Waals surface area contributed by atoms with Gasteiger partial charge in [0.25, 0.3) is 0 Å². The largest absolute Gasteiger partial charge is 0.368 e. The lowest BCUT2D eigenvalue weighted by Gasteiger charge is -2.37. The van der Waals surface area contributed by atoms with Crippen molar-refractivity contribution in [2.45, 2.75) is 13.3 Å². The number of hydrogen-bond donors (Lipinski definition) is 2. The number of aliphatic imine (C=N–C) groups is 1. The zero-order chi connectivity index (χ0) is 20.1. The number of nitrogens with one attached hydrogen (secondary N) is 2. The molecule has 2 aromatic carbocycles. The normalized spacial score (nSPS) is 15.2. The summed E-state index contributed by atoms with van der Waals surface area (Å²) in [5.74, 6) is 1.72. The van der Waals surface area contributed by atoms with Crippen LogP contribution in [0, 0.1) is 5.82 Å². The highest BCUT2D eigenvalue weighted by Crippen LogP contribution is 2.17. The van der Waals surface area contributed by atoms with Gasteiger partial charge in [-0.05, 0) is 43.3 Å². The van der Waals surface area contributed by atoms with Crippen molar-refractivity contribution in [1.82, 2.24) is 20.2 Å². The van der Waals surface area contributed by atoms with Crippen molar-refractivity contribution in [2.24, 2.45) is 4.99 Å². The van der Waals surface area contributed by atoms with E-state index in [-0.39, 0.29) is 5.82 Å². The molecule has 0 radical (unpaired) electrons. The molecule has 0 atom stereocenters. The van der Waals surface area contributed by atoms with Crippen LogP contribution in [0.3, 0.4) is 0 Å². The van der Waals surface area contributed by atoms with Crippen LogP contribution in [0.1, 0.15) is 12.7 Å². The molecule has 152 valence electrons. The first kappa shape index (κ1) is 19.2. The van der Waals surface area contributed by atoms with Gasteiger partial charge >= 0.3 is 0 Å². The Hall–Kier alpha value is -3.09. The summed E-state index contributed by atoms with van der Waals surface area (Å²) in [6, 6.07) is 14.8. The monoisotopic (exact) mass is 394 g/mol. The number of H-pyrrole nitrogens is 1. The Labute approximate surface area is 170 Å². The first-order chi connectivity index (χ1) is 14.2. The van der Waals surface area contributed by atoms with E-state index < -0.39 is 0 Å². The summed E-state index contributed by atoms with van der Waals surface area (Å²) in [6.45, 7) is 7.15. The number of para-hydroxylation sites is 2. The zero-order valence-electron chi connectivity index (χ0n) is 16.7. The van der Waals surface area contributed by atoms with Gasteiger partial charge in [0, 0.05) is 51.4 Å². The van der Waals surface area contributed by atoms with Gasteiger partial charge in [0.05, 0.1) is 11.0 Å². The van der Waals surface area contributed by atoms with Crippen LogP contribution in [0.2, 0.25) is 0 Å². The lowest BCUT2D eigenvalue weighted by atomic mass is 10.2. The molecule has 0 aliphatic carbocycles. The number of aromatic nitrogens is 2. The number of imidazole rings is 1. The molecule has 3 aromatic rings. The van der Waals surface area contributed by atoms with Crippen molar-refractivity contribution in [2.75, 3.05) is 44.2 Å². The van der Waals surface area contributed by atoms with E-state index >= 15 is 0 Å². The minimum atomic E-state index is -0.196. The number of hydrogen-bond acceptors (Lipinski definition) is 3. The Kier molecular flexibility index (Phi) is 5.93. The molecule has 1 aliphatic heterocycles. The van der Waals surface area contributed by atoms with E-state index in [9.17, 15) is 4.39 Å². The Morgan fingerprint density at radius 2 is 1.86 bits per heavy atom. The second-order valence-electron chi connectivity index (χ2n) is 7.14. The van der Waals surface area contributed by atoms with Gasteiger partial charge in [0.1, 0.15) is 11.6 Å². The van der Waals surface area contributed by atoms with E-state index in [1.807, 2.05) is 36.4 Å². The molecule has 2 N–H and O–H groups in total. The van der Waals surface area contributed by atoms with Crippen LogP contribution < -0.4 is 10.2 Å². The fourth-order valence-corrected chi connectivity index (χ4v) is 3.65. The predicted molar refractivity (Wildman–Crippen MR) is 116 cm³/mol. The summed E-state index contributed by atoms with van der Waals surface area (Å²) in [4.78, 5) is 17.4. The molecular weight excluding hydrogens is 367 g/mol. The lowest BCUT2D eigenvalue weighted by Crippen LogP contribution is -2.52. The van der Waals surface area contributed by atoms with Gasteiger partial charge in [-0.1, -0.05) is 12.1 Å². The number of piperazine rings is 1. The Morgan fingerprint density at radius 1 is 1.10 bits per heavy atom. The van der Waals surface area contributed by atoms with Crippen molar-refractivity contribution < 1.29 is 4.39 Å². The molecule has 7 heteroatoms. The molecular formula is C22H27FN6. The molecule has 2 heterocycles. The molecule has 0 spiro atoms.